The molecule has 1 aromatic carbocycles. The third-order valence-electron chi connectivity index (χ3n) is 6.55. The standard InChI is InChI=1S/C24H39N5O4S/c1-4-12-25-23(30)18-28-15-10-19(11-16-28)26-24(31)21-17-20(34(32,33)27(2)3)8-9-22(21)29-13-6-5-7-14-29/h8-9,17,19H,4-7,10-16,18H2,1-3H3,(H,25,30)(H,26,31). The minimum Gasteiger partial charge on any atom is -0.371 e. The third-order valence-corrected chi connectivity index (χ3v) is 8.36. The molecule has 0 saturated carbocycles. The predicted octanol–water partition coefficient (Wildman–Crippen LogP) is 1.65. The second-order valence-corrected chi connectivity index (χ2v) is 11.5. The van der Waals surface area contributed by atoms with Crippen LogP contribution >= 0.6 is 0 Å². The Kier molecular flexibility index (Phi) is 9.32. The molecule has 2 N–H and O–H groups in total. The number of hydrogen-bond donors (Lipinski definition) is 2. The van der Waals surface area contributed by atoms with Gasteiger partial charge in [-0.1, -0.05) is 6.92 Å². The van der Waals surface area contributed by atoms with Crippen LogP contribution in [0.2, 0.25) is 0 Å². The summed E-state index contributed by atoms with van der Waals surface area (Å²) >= 11 is 0. The molecular weight excluding hydrogens is 454 g/mol. The number of rotatable bonds is 9. The van der Waals surface area contributed by atoms with Gasteiger partial charge in [-0.3, -0.25) is 14.5 Å². The van der Waals surface area contributed by atoms with Gasteiger partial charge in [-0.15, -0.1) is 0 Å². The van der Waals surface area contributed by atoms with E-state index < -0.39 is 10.0 Å². The number of piperidine rings is 2. The number of amides is 2. The summed E-state index contributed by atoms with van der Waals surface area (Å²) < 4.78 is 26.6. The van der Waals surface area contributed by atoms with Crippen molar-refractivity contribution in [1.29, 1.82) is 0 Å². The monoisotopic (exact) mass is 493 g/mol. The molecule has 0 atom stereocenters. The van der Waals surface area contributed by atoms with Gasteiger partial charge in [-0.25, -0.2) is 12.7 Å². The molecule has 0 radical (unpaired) electrons. The molecule has 2 heterocycles. The van der Waals surface area contributed by atoms with Crippen molar-refractivity contribution < 1.29 is 18.0 Å². The Labute approximate surface area is 203 Å². The molecule has 2 amide bonds. The van der Waals surface area contributed by atoms with E-state index in [-0.39, 0.29) is 22.8 Å². The van der Waals surface area contributed by atoms with Gasteiger partial charge in [-0.05, 0) is 56.7 Å². The highest BCUT2D eigenvalue weighted by atomic mass is 32.2. The Morgan fingerprint density at radius 1 is 1.06 bits per heavy atom. The normalized spacial score (nSPS) is 18.2. The van der Waals surface area contributed by atoms with Gasteiger partial charge in [0.25, 0.3) is 5.91 Å². The van der Waals surface area contributed by atoms with E-state index in [1.807, 2.05) is 6.92 Å². The van der Waals surface area contributed by atoms with Gasteiger partial charge in [0.05, 0.1) is 17.0 Å². The van der Waals surface area contributed by atoms with E-state index in [0.717, 1.165) is 68.3 Å². The van der Waals surface area contributed by atoms with E-state index in [4.69, 9.17) is 0 Å². The number of carbonyl (C=O) groups is 2. The molecule has 34 heavy (non-hydrogen) atoms. The number of sulfonamides is 1. The fraction of sp³-hybridized carbons (Fsp3) is 0.667. The number of benzene rings is 1. The molecule has 0 aliphatic carbocycles. The highest BCUT2D eigenvalue weighted by Gasteiger charge is 2.27. The molecule has 0 bridgehead atoms. The molecule has 0 aromatic heterocycles. The topological polar surface area (TPSA) is 102 Å². The zero-order valence-electron chi connectivity index (χ0n) is 20.7. The minimum absolute atomic E-state index is 0.00855. The Morgan fingerprint density at radius 3 is 2.35 bits per heavy atom. The van der Waals surface area contributed by atoms with Crippen molar-refractivity contribution in [1.82, 2.24) is 19.8 Å². The van der Waals surface area contributed by atoms with Crippen molar-refractivity contribution in [2.45, 2.75) is 56.4 Å². The zero-order valence-corrected chi connectivity index (χ0v) is 21.5. The Hall–Kier alpha value is -2.17. The predicted molar refractivity (Wildman–Crippen MR) is 134 cm³/mol. The van der Waals surface area contributed by atoms with Crippen molar-refractivity contribution in [2.24, 2.45) is 0 Å². The average Bonchev–Trinajstić information content (AvgIpc) is 2.84. The highest BCUT2D eigenvalue weighted by Crippen LogP contribution is 2.28. The number of nitrogens with one attached hydrogen (secondary N) is 2. The molecule has 9 nitrogen and oxygen atoms in total. The maximum Gasteiger partial charge on any atom is 0.253 e. The molecule has 1 aromatic rings. The largest absolute Gasteiger partial charge is 0.371 e. The summed E-state index contributed by atoms with van der Waals surface area (Å²) in [6.45, 7) is 6.28. The van der Waals surface area contributed by atoms with Gasteiger partial charge in [0.15, 0.2) is 0 Å². The van der Waals surface area contributed by atoms with Crippen LogP contribution in [0.5, 0.6) is 0 Å². The van der Waals surface area contributed by atoms with Crippen LogP contribution < -0.4 is 15.5 Å². The number of hydrogen-bond acceptors (Lipinski definition) is 6. The zero-order chi connectivity index (χ0) is 24.7. The van der Waals surface area contributed by atoms with E-state index in [1.54, 1.807) is 12.1 Å². The average molecular weight is 494 g/mol. The van der Waals surface area contributed by atoms with Crippen LogP contribution in [0.1, 0.15) is 55.8 Å². The van der Waals surface area contributed by atoms with Crippen LogP contribution in [-0.2, 0) is 14.8 Å². The van der Waals surface area contributed by atoms with Crippen LogP contribution in [-0.4, -0.2) is 88.8 Å². The van der Waals surface area contributed by atoms with Crippen LogP contribution in [0, 0.1) is 0 Å². The van der Waals surface area contributed by atoms with Gasteiger partial charge < -0.3 is 15.5 Å². The molecule has 2 saturated heterocycles. The second-order valence-electron chi connectivity index (χ2n) is 9.39. The number of likely N-dealkylation sites (tertiary alicyclic amines) is 1. The van der Waals surface area contributed by atoms with Gasteiger partial charge >= 0.3 is 0 Å². The molecule has 0 spiro atoms. The van der Waals surface area contributed by atoms with E-state index in [9.17, 15) is 18.0 Å². The van der Waals surface area contributed by atoms with Gasteiger partial charge in [0, 0.05) is 58.5 Å². The van der Waals surface area contributed by atoms with Crippen molar-refractivity contribution in [3.63, 3.8) is 0 Å². The first-order chi connectivity index (χ1) is 16.2. The molecule has 10 heteroatoms. The summed E-state index contributed by atoms with van der Waals surface area (Å²) in [6, 6.07) is 4.87. The Bertz CT molecular complexity index is 952. The van der Waals surface area contributed by atoms with E-state index >= 15 is 0 Å². The lowest BCUT2D eigenvalue weighted by Gasteiger charge is -2.33. The fourth-order valence-electron chi connectivity index (χ4n) is 4.50. The quantitative estimate of drug-likeness (QED) is 0.542. The summed E-state index contributed by atoms with van der Waals surface area (Å²) in [4.78, 5) is 29.8. The van der Waals surface area contributed by atoms with Crippen molar-refractivity contribution >= 4 is 27.5 Å². The van der Waals surface area contributed by atoms with Gasteiger partial charge in [-0.2, -0.15) is 0 Å². The van der Waals surface area contributed by atoms with Crippen LogP contribution in [0.25, 0.3) is 0 Å². The summed E-state index contributed by atoms with van der Waals surface area (Å²) in [7, 11) is -0.669. The molecular formula is C24H39N5O4S. The fourth-order valence-corrected chi connectivity index (χ4v) is 5.43. The van der Waals surface area contributed by atoms with Crippen molar-refractivity contribution in [3.05, 3.63) is 23.8 Å². The third kappa shape index (κ3) is 6.70. The lowest BCUT2D eigenvalue weighted by atomic mass is 10.0. The van der Waals surface area contributed by atoms with Crippen molar-refractivity contribution in [2.75, 3.05) is 58.3 Å². The van der Waals surface area contributed by atoms with E-state index in [2.05, 4.69) is 20.4 Å². The highest BCUT2D eigenvalue weighted by molar-refractivity contribution is 7.89. The van der Waals surface area contributed by atoms with Crippen LogP contribution in [0.3, 0.4) is 0 Å². The minimum atomic E-state index is -3.65. The SMILES string of the molecule is CCCNC(=O)CN1CCC(NC(=O)c2cc(S(=O)(=O)N(C)C)ccc2N2CCCCC2)CC1. The number of anilines is 1. The lowest BCUT2D eigenvalue weighted by Crippen LogP contribution is -2.47. The summed E-state index contributed by atoms with van der Waals surface area (Å²) in [6.07, 6.45) is 5.70. The number of nitrogens with zero attached hydrogens (tertiary/aromatic N) is 3. The first-order valence-electron chi connectivity index (χ1n) is 12.3. The molecule has 3 rings (SSSR count). The maximum absolute atomic E-state index is 13.4. The molecule has 190 valence electrons. The Morgan fingerprint density at radius 2 is 1.74 bits per heavy atom. The molecule has 0 unspecified atom stereocenters. The Balaban J connectivity index is 1.71. The van der Waals surface area contributed by atoms with Gasteiger partial charge in [0.1, 0.15) is 0 Å². The molecule has 2 fully saturated rings. The summed E-state index contributed by atoms with van der Waals surface area (Å²) in [5.41, 5.74) is 1.20. The summed E-state index contributed by atoms with van der Waals surface area (Å²) in [5.74, 6) is -0.204. The van der Waals surface area contributed by atoms with E-state index in [0.29, 0.717) is 18.7 Å². The van der Waals surface area contributed by atoms with E-state index in [1.165, 1.54) is 26.6 Å². The first-order valence-corrected chi connectivity index (χ1v) is 13.8. The van der Waals surface area contributed by atoms with Crippen LogP contribution in [0.4, 0.5) is 5.69 Å². The smallest absolute Gasteiger partial charge is 0.253 e. The van der Waals surface area contributed by atoms with Gasteiger partial charge in [0.2, 0.25) is 15.9 Å². The van der Waals surface area contributed by atoms with Crippen molar-refractivity contribution in [3.8, 4) is 0 Å². The van der Waals surface area contributed by atoms with Crippen LogP contribution in [0.15, 0.2) is 23.1 Å². The second kappa shape index (κ2) is 12.0. The number of carbonyl (C=O) groups excluding carboxylic acids is 2. The lowest BCUT2D eigenvalue weighted by molar-refractivity contribution is -0.122. The first kappa shape index (κ1) is 26.4. The maximum atomic E-state index is 13.4. The molecule has 2 aliphatic heterocycles. The summed E-state index contributed by atoms with van der Waals surface area (Å²) in [5, 5.41) is 6.03. The molecule has 2 aliphatic rings.